The molecule has 0 radical (unpaired) electrons. The van der Waals surface area contributed by atoms with Crippen molar-refractivity contribution in [3.8, 4) is 0 Å². The highest BCUT2D eigenvalue weighted by Gasteiger charge is 2.46. The molecule has 0 aliphatic carbocycles. The minimum atomic E-state index is -0.939. The van der Waals surface area contributed by atoms with Crippen LogP contribution in [0.4, 0.5) is 0 Å². The number of amides is 2. The molecule has 0 spiro atoms. The maximum absolute atomic E-state index is 12.8. The van der Waals surface area contributed by atoms with Gasteiger partial charge in [-0.15, -0.1) is 0 Å². The molecule has 0 unspecified atom stereocenters. The first kappa shape index (κ1) is 17.6. The number of aromatic nitrogens is 1. The van der Waals surface area contributed by atoms with Gasteiger partial charge in [-0.2, -0.15) is 0 Å². The Labute approximate surface area is 145 Å². The number of nitrogens with one attached hydrogen (secondary N) is 1. The van der Waals surface area contributed by atoms with E-state index in [4.69, 9.17) is 4.74 Å². The number of H-pyrrole nitrogens is 1. The molecule has 1 aromatic heterocycles. The average molecular weight is 349 g/mol. The van der Waals surface area contributed by atoms with Gasteiger partial charge in [0.05, 0.1) is 11.7 Å². The number of hydrogen-bond acceptors (Lipinski definition) is 5. The molecule has 136 valence electrons. The summed E-state index contributed by atoms with van der Waals surface area (Å²) in [6.07, 6.45) is 2.33. The van der Waals surface area contributed by atoms with Crippen LogP contribution < -0.4 is 5.56 Å². The number of ether oxygens (including phenoxy) is 1. The number of likely N-dealkylation sites (tertiary alicyclic amines) is 2. The van der Waals surface area contributed by atoms with Crippen LogP contribution in [-0.2, 0) is 9.53 Å². The zero-order chi connectivity index (χ0) is 18.0. The van der Waals surface area contributed by atoms with Crippen molar-refractivity contribution in [3.63, 3.8) is 0 Å². The summed E-state index contributed by atoms with van der Waals surface area (Å²) in [6.45, 7) is 1.66. The van der Waals surface area contributed by atoms with Gasteiger partial charge >= 0.3 is 0 Å². The van der Waals surface area contributed by atoms with Crippen LogP contribution in [0, 0.1) is 0 Å². The molecule has 2 N–H and O–H groups in total. The topological polar surface area (TPSA) is 103 Å². The fourth-order valence-electron chi connectivity index (χ4n) is 3.52. The van der Waals surface area contributed by atoms with Gasteiger partial charge in [-0.3, -0.25) is 14.4 Å². The van der Waals surface area contributed by atoms with Crippen LogP contribution >= 0.6 is 0 Å². The first-order chi connectivity index (χ1) is 11.9. The molecule has 0 saturated carbocycles. The third kappa shape index (κ3) is 3.45. The van der Waals surface area contributed by atoms with E-state index in [0.717, 1.165) is 0 Å². The Morgan fingerprint density at radius 3 is 2.48 bits per heavy atom. The molecular weight excluding hydrogens is 326 g/mol. The molecule has 3 rings (SSSR count). The van der Waals surface area contributed by atoms with Crippen molar-refractivity contribution in [1.29, 1.82) is 0 Å². The Bertz CT molecular complexity index is 688. The highest BCUT2D eigenvalue weighted by molar-refractivity contribution is 5.94. The predicted octanol–water partition coefficient (Wildman–Crippen LogP) is -0.411. The smallest absolute Gasteiger partial charge is 0.255 e. The van der Waals surface area contributed by atoms with E-state index in [1.54, 1.807) is 9.80 Å². The summed E-state index contributed by atoms with van der Waals surface area (Å²) >= 11 is 0. The van der Waals surface area contributed by atoms with Gasteiger partial charge in [0.2, 0.25) is 5.56 Å². The van der Waals surface area contributed by atoms with E-state index in [0.29, 0.717) is 51.0 Å². The maximum Gasteiger partial charge on any atom is 0.255 e. The monoisotopic (exact) mass is 349 g/mol. The van der Waals surface area contributed by atoms with E-state index in [1.165, 1.54) is 25.4 Å². The lowest BCUT2D eigenvalue weighted by Gasteiger charge is -2.41. The van der Waals surface area contributed by atoms with Gasteiger partial charge in [0.1, 0.15) is 5.60 Å². The summed E-state index contributed by atoms with van der Waals surface area (Å²) in [5.74, 6) is -0.285. The van der Waals surface area contributed by atoms with Crippen molar-refractivity contribution in [2.24, 2.45) is 0 Å². The van der Waals surface area contributed by atoms with Crippen LogP contribution in [0.3, 0.4) is 0 Å². The summed E-state index contributed by atoms with van der Waals surface area (Å²) in [7, 11) is 1.52. The van der Waals surface area contributed by atoms with Gasteiger partial charge in [0.25, 0.3) is 11.8 Å². The number of piperidine rings is 1. The molecule has 2 fully saturated rings. The molecule has 1 atom stereocenters. The summed E-state index contributed by atoms with van der Waals surface area (Å²) < 4.78 is 5.58. The first-order valence-corrected chi connectivity index (χ1v) is 8.46. The van der Waals surface area contributed by atoms with Crippen molar-refractivity contribution in [3.05, 3.63) is 34.2 Å². The second kappa shape index (κ2) is 6.97. The number of aliphatic hydroxyl groups is 1. The van der Waals surface area contributed by atoms with E-state index in [2.05, 4.69) is 4.98 Å². The van der Waals surface area contributed by atoms with Gasteiger partial charge < -0.3 is 24.6 Å². The zero-order valence-corrected chi connectivity index (χ0v) is 14.2. The number of carbonyl (C=O) groups is 2. The number of nitrogens with zero attached hydrogens (tertiary/aromatic N) is 2. The molecule has 0 aromatic carbocycles. The number of hydrogen-bond donors (Lipinski definition) is 2. The van der Waals surface area contributed by atoms with Crippen LogP contribution in [0.1, 0.15) is 29.6 Å². The highest BCUT2D eigenvalue weighted by atomic mass is 16.5. The van der Waals surface area contributed by atoms with Crippen molar-refractivity contribution < 1.29 is 19.4 Å². The molecule has 8 heteroatoms. The molecule has 2 saturated heterocycles. The van der Waals surface area contributed by atoms with Crippen LogP contribution in [0.15, 0.2) is 23.1 Å². The lowest BCUT2D eigenvalue weighted by molar-refractivity contribution is -0.159. The minimum absolute atomic E-state index is 0.109. The quantitative estimate of drug-likeness (QED) is 0.772. The summed E-state index contributed by atoms with van der Waals surface area (Å²) in [6, 6.07) is 2.81. The van der Waals surface area contributed by atoms with Gasteiger partial charge in [-0.25, -0.2) is 0 Å². The largest absolute Gasteiger partial charge is 0.391 e. The second-order valence-corrected chi connectivity index (χ2v) is 6.63. The predicted molar refractivity (Wildman–Crippen MR) is 89.1 cm³/mol. The van der Waals surface area contributed by atoms with Crippen molar-refractivity contribution >= 4 is 11.8 Å². The summed E-state index contributed by atoms with van der Waals surface area (Å²) in [4.78, 5) is 42.3. The van der Waals surface area contributed by atoms with E-state index < -0.39 is 11.7 Å². The van der Waals surface area contributed by atoms with Crippen LogP contribution in [0.25, 0.3) is 0 Å². The average Bonchev–Trinajstić information content (AvgIpc) is 3.07. The molecule has 2 aliphatic rings. The third-order valence-electron chi connectivity index (χ3n) is 5.12. The first-order valence-electron chi connectivity index (χ1n) is 8.46. The van der Waals surface area contributed by atoms with Gasteiger partial charge in [0, 0.05) is 58.4 Å². The third-order valence-corrected chi connectivity index (χ3v) is 5.12. The Hall–Kier alpha value is -2.19. The number of carbonyl (C=O) groups excluding carboxylic acids is 2. The van der Waals surface area contributed by atoms with E-state index in [-0.39, 0.29) is 17.4 Å². The molecular formula is C17H23N3O5. The maximum atomic E-state index is 12.8. The lowest BCUT2D eigenvalue weighted by atomic mass is 9.89. The van der Waals surface area contributed by atoms with Gasteiger partial charge in [-0.1, -0.05) is 0 Å². The zero-order valence-electron chi connectivity index (χ0n) is 14.2. The number of pyridine rings is 1. The Balaban J connectivity index is 1.66. The van der Waals surface area contributed by atoms with Gasteiger partial charge in [0.15, 0.2) is 0 Å². The van der Waals surface area contributed by atoms with E-state index in [9.17, 15) is 19.5 Å². The molecule has 1 aromatic rings. The molecule has 2 amide bonds. The van der Waals surface area contributed by atoms with Crippen molar-refractivity contribution in [1.82, 2.24) is 14.8 Å². The van der Waals surface area contributed by atoms with Crippen LogP contribution in [0.5, 0.6) is 0 Å². The van der Waals surface area contributed by atoms with E-state index in [1.807, 2.05) is 0 Å². The van der Waals surface area contributed by atoms with Crippen LogP contribution in [-0.4, -0.2) is 76.7 Å². The molecule has 3 heterocycles. The summed E-state index contributed by atoms with van der Waals surface area (Å²) in [5, 5.41) is 9.65. The van der Waals surface area contributed by atoms with Crippen molar-refractivity contribution in [2.75, 3.05) is 33.3 Å². The molecule has 2 aliphatic heterocycles. The summed E-state index contributed by atoms with van der Waals surface area (Å²) in [5.41, 5.74) is -0.781. The normalized spacial score (nSPS) is 22.9. The number of aliphatic hydroxyl groups excluding tert-OH is 1. The lowest BCUT2D eigenvalue weighted by Crippen LogP contribution is -2.56. The fourth-order valence-corrected chi connectivity index (χ4v) is 3.52. The molecule has 25 heavy (non-hydrogen) atoms. The number of methoxy groups -OCH3 is 1. The minimum Gasteiger partial charge on any atom is -0.391 e. The number of aromatic amines is 1. The second-order valence-electron chi connectivity index (χ2n) is 6.63. The molecule has 0 bridgehead atoms. The Morgan fingerprint density at radius 2 is 1.96 bits per heavy atom. The van der Waals surface area contributed by atoms with Crippen molar-refractivity contribution in [2.45, 2.75) is 31.0 Å². The Kier molecular flexibility index (Phi) is 4.91. The van der Waals surface area contributed by atoms with Gasteiger partial charge in [-0.05, 0) is 12.5 Å². The molecule has 8 nitrogen and oxygen atoms in total. The number of β-amino-alcohol motifs (C(OH)–C–C–N with tert-alkyl or cyclic N) is 1. The highest BCUT2D eigenvalue weighted by Crippen LogP contribution is 2.30. The fraction of sp³-hybridized carbons (Fsp3) is 0.588. The SMILES string of the molecule is COC1(C(=O)N2CC[C@H](O)C2)CCN(C(=O)c2ccc(=O)[nH]c2)CC1. The Morgan fingerprint density at radius 1 is 1.24 bits per heavy atom. The number of rotatable bonds is 3. The van der Waals surface area contributed by atoms with E-state index >= 15 is 0 Å². The van der Waals surface area contributed by atoms with Crippen LogP contribution in [0.2, 0.25) is 0 Å². The standard InChI is InChI=1S/C17H23N3O5/c1-25-17(16(24)20-7-4-13(21)11-20)5-8-19(9-6-17)15(23)12-2-3-14(22)18-10-12/h2-3,10,13,21H,4-9,11H2,1H3,(H,18,22)/t13-/m0/s1.